The predicted octanol–water partition coefficient (Wildman–Crippen LogP) is 1.93. The van der Waals surface area contributed by atoms with Gasteiger partial charge in [-0.2, -0.15) is 0 Å². The quantitative estimate of drug-likeness (QED) is 0.692. The topological polar surface area (TPSA) is 67.9 Å². The van der Waals surface area contributed by atoms with Gasteiger partial charge in [0.15, 0.2) is 0 Å². The number of rotatable bonds is 9. The third kappa shape index (κ3) is 7.40. The minimum absolute atomic E-state index is 0.0497. The van der Waals surface area contributed by atoms with Gasteiger partial charge in [0.05, 0.1) is 37.4 Å². The molecule has 0 spiro atoms. The van der Waals surface area contributed by atoms with E-state index in [1.54, 1.807) is 12.0 Å². The second-order valence-corrected chi connectivity index (χ2v) is 5.17. The summed E-state index contributed by atoms with van der Waals surface area (Å²) in [4.78, 5) is 25.0. The van der Waals surface area contributed by atoms with Crippen LogP contribution in [0.1, 0.15) is 6.42 Å². The van der Waals surface area contributed by atoms with Gasteiger partial charge in [-0.3, -0.25) is 14.5 Å². The van der Waals surface area contributed by atoms with Crippen LogP contribution in [0.15, 0.2) is 18.2 Å². The predicted molar refractivity (Wildman–Crippen MR) is 85.0 cm³/mol. The van der Waals surface area contributed by atoms with Gasteiger partial charge in [-0.25, -0.2) is 4.39 Å². The molecule has 1 amide bonds. The molecule has 1 aromatic rings. The summed E-state index contributed by atoms with van der Waals surface area (Å²) >= 11 is 5.87. The molecule has 0 saturated heterocycles. The van der Waals surface area contributed by atoms with Crippen molar-refractivity contribution >= 4 is 29.2 Å². The minimum Gasteiger partial charge on any atom is -0.469 e. The van der Waals surface area contributed by atoms with Gasteiger partial charge >= 0.3 is 5.97 Å². The maximum Gasteiger partial charge on any atom is 0.306 e. The summed E-state index contributed by atoms with van der Waals surface area (Å²) < 4.78 is 22.5. The summed E-state index contributed by atoms with van der Waals surface area (Å²) in [5.41, 5.74) is 0.331. The Bertz CT molecular complexity index is 542. The number of amides is 1. The molecular weight excluding hydrogens is 327 g/mol. The molecule has 23 heavy (non-hydrogen) atoms. The van der Waals surface area contributed by atoms with Crippen LogP contribution in [0.5, 0.6) is 0 Å². The first kappa shape index (κ1) is 19.3. The number of ether oxygens (including phenoxy) is 2. The molecule has 1 aromatic carbocycles. The number of carbonyl (C=O) groups excluding carboxylic acids is 2. The molecular formula is C15H20ClFN2O4. The highest BCUT2D eigenvalue weighted by Crippen LogP contribution is 2.22. The molecule has 0 aromatic heterocycles. The van der Waals surface area contributed by atoms with Crippen LogP contribution in [-0.2, 0) is 19.1 Å². The molecule has 0 saturated carbocycles. The fourth-order valence-corrected chi connectivity index (χ4v) is 2.04. The molecule has 0 aliphatic rings. The Morgan fingerprint density at radius 3 is 2.65 bits per heavy atom. The highest BCUT2D eigenvalue weighted by Gasteiger charge is 2.14. The van der Waals surface area contributed by atoms with E-state index in [9.17, 15) is 14.0 Å². The van der Waals surface area contributed by atoms with Gasteiger partial charge < -0.3 is 14.8 Å². The van der Waals surface area contributed by atoms with Gasteiger partial charge in [0.25, 0.3) is 0 Å². The number of nitrogens with zero attached hydrogens (tertiary/aromatic N) is 1. The lowest BCUT2D eigenvalue weighted by Gasteiger charge is -2.21. The summed E-state index contributed by atoms with van der Waals surface area (Å²) in [6, 6.07) is 3.72. The number of anilines is 1. The number of methoxy groups -OCH3 is 2. The number of halogens is 2. The zero-order valence-electron chi connectivity index (χ0n) is 13.1. The van der Waals surface area contributed by atoms with E-state index in [0.29, 0.717) is 25.4 Å². The normalized spacial score (nSPS) is 10.7. The SMILES string of the molecule is COCCN(CCC(=O)OC)CC(=O)Nc1ccc(F)cc1Cl. The van der Waals surface area contributed by atoms with E-state index in [4.69, 9.17) is 16.3 Å². The third-order valence-electron chi connectivity index (χ3n) is 3.04. The molecule has 0 radical (unpaired) electrons. The molecule has 0 bridgehead atoms. The van der Waals surface area contributed by atoms with Crippen LogP contribution < -0.4 is 5.32 Å². The van der Waals surface area contributed by atoms with E-state index in [1.807, 2.05) is 0 Å². The lowest BCUT2D eigenvalue weighted by atomic mass is 10.3. The van der Waals surface area contributed by atoms with E-state index in [1.165, 1.54) is 19.2 Å². The molecule has 0 aliphatic heterocycles. The van der Waals surface area contributed by atoms with Crippen LogP contribution in [0.2, 0.25) is 5.02 Å². The molecule has 1 rings (SSSR count). The highest BCUT2D eigenvalue weighted by atomic mass is 35.5. The second kappa shape index (κ2) is 10.1. The Labute approximate surface area is 139 Å². The van der Waals surface area contributed by atoms with Gasteiger partial charge in [-0.05, 0) is 18.2 Å². The van der Waals surface area contributed by atoms with Crippen molar-refractivity contribution < 1.29 is 23.5 Å². The molecule has 6 nitrogen and oxygen atoms in total. The second-order valence-electron chi connectivity index (χ2n) is 4.77. The number of benzene rings is 1. The lowest BCUT2D eigenvalue weighted by molar-refractivity contribution is -0.141. The molecule has 0 fully saturated rings. The van der Waals surface area contributed by atoms with Crippen LogP contribution >= 0.6 is 11.6 Å². The van der Waals surface area contributed by atoms with Crippen LogP contribution in [-0.4, -0.2) is 57.2 Å². The Morgan fingerprint density at radius 2 is 2.04 bits per heavy atom. The van der Waals surface area contributed by atoms with Gasteiger partial charge in [0.1, 0.15) is 5.82 Å². The maximum absolute atomic E-state index is 13.0. The van der Waals surface area contributed by atoms with Crippen molar-refractivity contribution in [3.63, 3.8) is 0 Å². The number of carbonyl (C=O) groups is 2. The molecule has 1 N–H and O–H groups in total. The average Bonchev–Trinajstić information content (AvgIpc) is 2.52. The monoisotopic (exact) mass is 346 g/mol. The van der Waals surface area contributed by atoms with Crippen LogP contribution in [0.3, 0.4) is 0 Å². The van der Waals surface area contributed by atoms with Crippen LogP contribution in [0, 0.1) is 5.82 Å². The van der Waals surface area contributed by atoms with Gasteiger partial charge in [0, 0.05) is 20.2 Å². The summed E-state index contributed by atoms with van der Waals surface area (Å²) in [6.45, 7) is 1.32. The number of nitrogens with one attached hydrogen (secondary N) is 1. The fraction of sp³-hybridized carbons (Fsp3) is 0.467. The summed E-state index contributed by atoms with van der Waals surface area (Å²) in [5.74, 6) is -1.15. The van der Waals surface area contributed by atoms with E-state index < -0.39 is 5.82 Å². The van der Waals surface area contributed by atoms with E-state index in [-0.39, 0.29) is 29.9 Å². The Kier molecular flexibility index (Phi) is 8.53. The van der Waals surface area contributed by atoms with Crippen molar-refractivity contribution in [2.75, 3.05) is 45.8 Å². The standard InChI is InChI=1S/C15H20ClFN2O4/c1-22-8-7-19(6-5-15(21)23-2)10-14(20)18-13-4-3-11(17)9-12(13)16/h3-4,9H,5-8,10H2,1-2H3,(H,18,20). The lowest BCUT2D eigenvalue weighted by Crippen LogP contribution is -2.37. The Balaban J connectivity index is 2.58. The van der Waals surface area contributed by atoms with Gasteiger partial charge in [-0.15, -0.1) is 0 Å². The van der Waals surface area contributed by atoms with Crippen molar-refractivity contribution in [3.05, 3.63) is 29.0 Å². The van der Waals surface area contributed by atoms with Crippen LogP contribution in [0.25, 0.3) is 0 Å². The van der Waals surface area contributed by atoms with Crippen molar-refractivity contribution in [1.29, 1.82) is 0 Å². The number of hydrogen-bond acceptors (Lipinski definition) is 5. The van der Waals surface area contributed by atoms with Gasteiger partial charge in [-0.1, -0.05) is 11.6 Å². The first-order chi connectivity index (χ1) is 11.0. The molecule has 0 atom stereocenters. The zero-order valence-corrected chi connectivity index (χ0v) is 13.9. The molecule has 0 unspecified atom stereocenters. The molecule has 8 heteroatoms. The number of hydrogen-bond donors (Lipinski definition) is 1. The smallest absolute Gasteiger partial charge is 0.306 e. The van der Waals surface area contributed by atoms with Gasteiger partial charge in [0.2, 0.25) is 5.91 Å². The van der Waals surface area contributed by atoms with E-state index in [2.05, 4.69) is 10.1 Å². The Hall–Kier alpha value is -1.70. The minimum atomic E-state index is -0.479. The van der Waals surface area contributed by atoms with Crippen molar-refractivity contribution in [2.45, 2.75) is 6.42 Å². The third-order valence-corrected chi connectivity index (χ3v) is 3.36. The van der Waals surface area contributed by atoms with Crippen LogP contribution in [0.4, 0.5) is 10.1 Å². The maximum atomic E-state index is 13.0. The largest absolute Gasteiger partial charge is 0.469 e. The molecule has 0 heterocycles. The van der Waals surface area contributed by atoms with E-state index >= 15 is 0 Å². The first-order valence-electron chi connectivity index (χ1n) is 6.99. The number of esters is 1. The fourth-order valence-electron chi connectivity index (χ4n) is 1.83. The molecule has 0 aliphatic carbocycles. The summed E-state index contributed by atoms with van der Waals surface area (Å²) in [6.07, 6.45) is 0.171. The summed E-state index contributed by atoms with van der Waals surface area (Å²) in [5, 5.41) is 2.73. The van der Waals surface area contributed by atoms with Crippen molar-refractivity contribution in [1.82, 2.24) is 4.90 Å². The Morgan fingerprint density at radius 1 is 1.30 bits per heavy atom. The van der Waals surface area contributed by atoms with Crippen molar-refractivity contribution in [3.8, 4) is 0 Å². The van der Waals surface area contributed by atoms with Crippen molar-refractivity contribution in [2.24, 2.45) is 0 Å². The molecule has 128 valence electrons. The highest BCUT2D eigenvalue weighted by molar-refractivity contribution is 6.33. The average molecular weight is 347 g/mol. The first-order valence-corrected chi connectivity index (χ1v) is 7.37. The zero-order chi connectivity index (χ0) is 17.2. The van der Waals surface area contributed by atoms with E-state index in [0.717, 1.165) is 6.07 Å². The summed E-state index contributed by atoms with van der Waals surface area (Å²) in [7, 11) is 2.86.